The van der Waals surface area contributed by atoms with Crippen molar-refractivity contribution in [2.45, 2.75) is 23.9 Å². The van der Waals surface area contributed by atoms with Crippen LogP contribution in [0.4, 0.5) is 5.69 Å². The molecule has 0 saturated carbocycles. The lowest BCUT2D eigenvalue weighted by Crippen LogP contribution is -2.71. The summed E-state index contributed by atoms with van der Waals surface area (Å²) in [4.78, 5) is 41.1. The van der Waals surface area contributed by atoms with E-state index in [2.05, 4.69) is 17.2 Å². The highest BCUT2D eigenvalue weighted by molar-refractivity contribution is 8.00. The van der Waals surface area contributed by atoms with Crippen LogP contribution >= 0.6 is 11.8 Å². The molecule has 198 valence electrons. The van der Waals surface area contributed by atoms with E-state index < -0.39 is 18.1 Å². The highest BCUT2D eigenvalue weighted by Gasteiger charge is 2.54. The van der Waals surface area contributed by atoms with Gasteiger partial charge >= 0.3 is 5.97 Å². The number of fused-ring (bicyclic) bond motifs is 1. The molecule has 0 spiro atoms. The number of ether oxygens (including phenoxy) is 1. The lowest BCUT2D eigenvalue weighted by Gasteiger charge is -2.49. The number of hydrogen-bond donors (Lipinski definition) is 2. The second kappa shape index (κ2) is 12.0. The van der Waals surface area contributed by atoms with E-state index in [0.29, 0.717) is 12.2 Å². The number of allylic oxidation sites excluding steroid dienone is 1. The molecule has 1 fully saturated rings. The van der Waals surface area contributed by atoms with Gasteiger partial charge in [-0.05, 0) is 35.3 Å². The van der Waals surface area contributed by atoms with Crippen LogP contribution in [-0.4, -0.2) is 46.4 Å². The first kappa shape index (κ1) is 26.3. The van der Waals surface area contributed by atoms with E-state index in [4.69, 9.17) is 4.74 Å². The number of thioether (sulfide) groups is 1. The van der Waals surface area contributed by atoms with Crippen LogP contribution in [0.1, 0.15) is 23.7 Å². The van der Waals surface area contributed by atoms with E-state index >= 15 is 0 Å². The molecule has 2 heterocycles. The molecule has 2 atom stereocenters. The molecule has 5 rings (SSSR count). The maximum atomic E-state index is 13.7. The first-order chi connectivity index (χ1) is 19.1. The summed E-state index contributed by atoms with van der Waals surface area (Å²) in [6, 6.07) is 27.7. The zero-order chi connectivity index (χ0) is 27.2. The highest BCUT2D eigenvalue weighted by Crippen LogP contribution is 2.42. The molecule has 7 nitrogen and oxygen atoms in total. The van der Waals surface area contributed by atoms with Gasteiger partial charge in [0.2, 0.25) is 5.91 Å². The van der Waals surface area contributed by atoms with Crippen molar-refractivity contribution in [1.82, 2.24) is 10.2 Å². The smallest absolute Gasteiger partial charge is 0.356 e. The Hall–Kier alpha value is -4.30. The van der Waals surface area contributed by atoms with Gasteiger partial charge in [0.05, 0.1) is 6.54 Å². The fraction of sp³-hybridized carbons (Fsp3) is 0.194. The van der Waals surface area contributed by atoms with Gasteiger partial charge in [-0.2, -0.15) is 0 Å². The Bertz CT molecular complexity index is 1340. The number of carbonyl (C=O) groups is 3. The minimum atomic E-state index is -0.716. The monoisotopic (exact) mass is 539 g/mol. The molecule has 2 N–H and O–H groups in total. The number of nitrogens with zero attached hydrogens (tertiary/aromatic N) is 1. The molecule has 8 heteroatoms. The SMILES string of the molecule is C=CCC1=C(C(=O)OC(c2ccccc2)c2ccccc2)N2C(=O)C(NC(=O)CNc3ccccc3)[C@H]2SC1. The van der Waals surface area contributed by atoms with E-state index in [1.54, 1.807) is 6.08 Å². The molecule has 0 aromatic heterocycles. The normalized spacial score (nSPS) is 18.2. The second-order valence-corrected chi connectivity index (χ2v) is 10.3. The van der Waals surface area contributed by atoms with E-state index in [1.807, 2.05) is 91.0 Å². The van der Waals surface area contributed by atoms with Crippen LogP contribution in [0.3, 0.4) is 0 Å². The summed E-state index contributed by atoms with van der Waals surface area (Å²) >= 11 is 1.52. The van der Waals surface area contributed by atoms with Gasteiger partial charge < -0.3 is 15.4 Å². The summed E-state index contributed by atoms with van der Waals surface area (Å²) in [5.41, 5.74) is 3.49. The largest absolute Gasteiger partial charge is 0.448 e. The number of β-lactam (4-membered cyclic amide) rings is 1. The molecule has 0 radical (unpaired) electrons. The van der Waals surface area contributed by atoms with Gasteiger partial charge in [0.25, 0.3) is 5.91 Å². The third kappa shape index (κ3) is 5.76. The quantitative estimate of drug-likeness (QED) is 0.221. The fourth-order valence-electron chi connectivity index (χ4n) is 4.71. The topological polar surface area (TPSA) is 87.7 Å². The van der Waals surface area contributed by atoms with Gasteiger partial charge in [0, 0.05) is 11.4 Å². The van der Waals surface area contributed by atoms with Gasteiger partial charge in [0.1, 0.15) is 17.1 Å². The Kier molecular flexibility index (Phi) is 8.13. The average molecular weight is 540 g/mol. The molecule has 2 aliphatic rings. The second-order valence-electron chi connectivity index (χ2n) is 9.23. The van der Waals surface area contributed by atoms with E-state index in [1.165, 1.54) is 16.7 Å². The molecule has 3 aromatic rings. The van der Waals surface area contributed by atoms with Gasteiger partial charge in [-0.1, -0.05) is 84.9 Å². The van der Waals surface area contributed by atoms with Gasteiger partial charge in [-0.25, -0.2) is 4.79 Å². The van der Waals surface area contributed by atoms with Crippen LogP contribution in [0, 0.1) is 0 Å². The summed E-state index contributed by atoms with van der Waals surface area (Å²) < 4.78 is 6.11. The molecule has 1 saturated heterocycles. The minimum Gasteiger partial charge on any atom is -0.448 e. The van der Waals surface area contributed by atoms with Crippen molar-refractivity contribution >= 4 is 35.2 Å². The Balaban J connectivity index is 1.33. The standard InChI is InChI=1S/C31H29N3O4S/c1-2-12-23-20-39-30-26(33-25(35)19-32-24-17-10-5-11-18-24)29(36)34(30)27(23)31(37)38-28(21-13-6-3-7-14-21)22-15-8-4-9-16-22/h2-11,13-18,26,28,30,32H,1,12,19-20H2,(H,33,35)/t26?,30-/m1/s1. The summed E-state index contributed by atoms with van der Waals surface area (Å²) in [7, 11) is 0. The average Bonchev–Trinajstić information content (AvgIpc) is 2.98. The number of esters is 1. The fourth-order valence-corrected chi connectivity index (χ4v) is 6.07. The molecule has 3 aromatic carbocycles. The Morgan fingerprint density at radius 2 is 1.56 bits per heavy atom. The molecule has 0 bridgehead atoms. The predicted octanol–water partition coefficient (Wildman–Crippen LogP) is 4.66. The molecule has 2 amide bonds. The maximum Gasteiger partial charge on any atom is 0.356 e. The van der Waals surface area contributed by atoms with Crippen molar-refractivity contribution in [1.29, 1.82) is 0 Å². The maximum absolute atomic E-state index is 13.7. The van der Waals surface area contributed by atoms with Crippen molar-refractivity contribution in [3.8, 4) is 0 Å². The van der Waals surface area contributed by atoms with Crippen LogP contribution in [0.5, 0.6) is 0 Å². The summed E-state index contributed by atoms with van der Waals surface area (Å²) in [5.74, 6) is -0.667. The number of hydrogen-bond acceptors (Lipinski definition) is 6. The number of rotatable bonds is 10. The van der Waals surface area contributed by atoms with Crippen molar-refractivity contribution < 1.29 is 19.1 Å². The minimum absolute atomic E-state index is 0.0352. The number of nitrogens with one attached hydrogen (secondary N) is 2. The molecule has 0 aliphatic carbocycles. The first-order valence-electron chi connectivity index (χ1n) is 12.7. The summed E-state index contributed by atoms with van der Waals surface area (Å²) in [6.45, 7) is 3.86. The van der Waals surface area contributed by atoms with E-state index in [0.717, 1.165) is 22.4 Å². The third-order valence-electron chi connectivity index (χ3n) is 6.60. The zero-order valence-electron chi connectivity index (χ0n) is 21.3. The third-order valence-corrected chi connectivity index (χ3v) is 7.94. The van der Waals surface area contributed by atoms with Gasteiger partial charge in [-0.3, -0.25) is 14.5 Å². The van der Waals surface area contributed by atoms with Crippen molar-refractivity contribution in [3.63, 3.8) is 0 Å². The molecular formula is C31H29N3O4S. The summed E-state index contributed by atoms with van der Waals surface area (Å²) in [6.07, 6.45) is 1.53. The molecule has 1 unspecified atom stereocenters. The first-order valence-corrected chi connectivity index (χ1v) is 13.8. The lowest BCUT2D eigenvalue weighted by atomic mass is 10.00. The number of amides is 2. The van der Waals surface area contributed by atoms with Crippen LogP contribution in [0.15, 0.2) is 115 Å². The Labute approximate surface area is 231 Å². The van der Waals surface area contributed by atoms with Crippen molar-refractivity contribution in [2.75, 3.05) is 17.6 Å². The van der Waals surface area contributed by atoms with Gasteiger partial charge in [-0.15, -0.1) is 18.3 Å². The van der Waals surface area contributed by atoms with Crippen LogP contribution in [0.25, 0.3) is 0 Å². The zero-order valence-corrected chi connectivity index (χ0v) is 22.1. The predicted molar refractivity (Wildman–Crippen MR) is 153 cm³/mol. The highest BCUT2D eigenvalue weighted by atomic mass is 32.2. The van der Waals surface area contributed by atoms with E-state index in [9.17, 15) is 14.4 Å². The number of benzene rings is 3. The van der Waals surface area contributed by atoms with Crippen molar-refractivity contribution in [2.24, 2.45) is 0 Å². The van der Waals surface area contributed by atoms with Crippen LogP contribution in [-0.2, 0) is 19.1 Å². The molecule has 39 heavy (non-hydrogen) atoms. The number of anilines is 1. The van der Waals surface area contributed by atoms with Crippen LogP contribution < -0.4 is 10.6 Å². The van der Waals surface area contributed by atoms with E-state index in [-0.39, 0.29) is 29.4 Å². The Morgan fingerprint density at radius 1 is 0.974 bits per heavy atom. The number of para-hydroxylation sites is 1. The Morgan fingerprint density at radius 3 is 2.15 bits per heavy atom. The summed E-state index contributed by atoms with van der Waals surface area (Å²) in [5, 5.41) is 5.49. The number of carbonyl (C=O) groups excluding carboxylic acids is 3. The molecular weight excluding hydrogens is 510 g/mol. The molecule has 2 aliphatic heterocycles. The lowest BCUT2D eigenvalue weighted by molar-refractivity contribution is -0.154. The van der Waals surface area contributed by atoms with Gasteiger partial charge in [0.15, 0.2) is 6.10 Å². The van der Waals surface area contributed by atoms with Crippen molar-refractivity contribution in [3.05, 3.63) is 126 Å². The van der Waals surface area contributed by atoms with Crippen LogP contribution in [0.2, 0.25) is 0 Å².